The van der Waals surface area contributed by atoms with Crippen LogP contribution >= 0.6 is 0 Å². The number of aromatic nitrogens is 5. The van der Waals surface area contributed by atoms with Gasteiger partial charge >= 0.3 is 0 Å². The van der Waals surface area contributed by atoms with E-state index in [-0.39, 0.29) is 0 Å². The van der Waals surface area contributed by atoms with Crippen LogP contribution in [0.1, 0.15) is 53.3 Å². The minimum atomic E-state index is 0.448. The molecule has 1 aliphatic rings. The number of hydrogen-bond acceptors (Lipinski definition) is 7. The van der Waals surface area contributed by atoms with Crippen LogP contribution in [0.3, 0.4) is 0 Å². The molecule has 0 N–H and O–H groups in total. The highest BCUT2D eigenvalue weighted by molar-refractivity contribution is 5.64. The van der Waals surface area contributed by atoms with Crippen molar-refractivity contribution in [3.05, 3.63) is 52.8 Å². The van der Waals surface area contributed by atoms with Gasteiger partial charge in [0, 0.05) is 24.4 Å². The fourth-order valence-electron chi connectivity index (χ4n) is 3.99. The first-order valence-corrected chi connectivity index (χ1v) is 9.79. The normalized spacial score (nSPS) is 15.9. The number of piperidine rings is 1. The lowest BCUT2D eigenvalue weighted by Gasteiger charge is -2.31. The minimum Gasteiger partial charge on any atom is -0.361 e. The van der Waals surface area contributed by atoms with E-state index in [1.807, 2.05) is 40.0 Å². The number of likely N-dealkylation sites (tertiary alicyclic amines) is 1. The summed E-state index contributed by atoms with van der Waals surface area (Å²) in [4.78, 5) is 20.5. The maximum atomic E-state index is 5.33. The van der Waals surface area contributed by atoms with Crippen LogP contribution in [-0.4, -0.2) is 43.1 Å². The average Bonchev–Trinajstić information content (AvgIpc) is 3.00. The highest BCUT2D eigenvalue weighted by Crippen LogP contribution is 2.31. The van der Waals surface area contributed by atoms with Gasteiger partial charge in [-0.25, -0.2) is 19.9 Å². The van der Waals surface area contributed by atoms with Crippen LogP contribution in [0.4, 0.5) is 0 Å². The van der Waals surface area contributed by atoms with Gasteiger partial charge in [-0.3, -0.25) is 4.90 Å². The Labute approximate surface area is 165 Å². The van der Waals surface area contributed by atoms with Crippen LogP contribution in [0.25, 0.3) is 11.3 Å². The molecule has 7 nitrogen and oxygen atoms in total. The first kappa shape index (κ1) is 18.7. The number of rotatable bonds is 4. The van der Waals surface area contributed by atoms with Crippen molar-refractivity contribution in [2.24, 2.45) is 0 Å². The zero-order chi connectivity index (χ0) is 19.7. The van der Waals surface area contributed by atoms with E-state index >= 15 is 0 Å². The number of hydrogen-bond donors (Lipinski definition) is 0. The first-order valence-electron chi connectivity index (χ1n) is 9.79. The van der Waals surface area contributed by atoms with E-state index in [2.05, 4.69) is 31.1 Å². The van der Waals surface area contributed by atoms with Crippen LogP contribution in [0.15, 0.2) is 22.9 Å². The quantitative estimate of drug-likeness (QED) is 0.687. The van der Waals surface area contributed by atoms with Gasteiger partial charge in [-0.1, -0.05) is 5.16 Å². The molecule has 3 aromatic rings. The molecule has 1 aliphatic heterocycles. The molecule has 4 rings (SSSR count). The lowest BCUT2D eigenvalue weighted by atomic mass is 9.92. The molecular weight excluding hydrogens is 352 g/mol. The molecule has 0 radical (unpaired) electrons. The second kappa shape index (κ2) is 7.75. The SMILES string of the molecule is Cc1nccc(CN2CCC(c3cc(-c4c(C)noc4C)nc(C)n3)CC2)n1. The third-order valence-corrected chi connectivity index (χ3v) is 5.37. The summed E-state index contributed by atoms with van der Waals surface area (Å²) in [5, 5.41) is 4.07. The van der Waals surface area contributed by atoms with E-state index in [1.54, 1.807) is 0 Å². The van der Waals surface area contributed by atoms with Crippen LogP contribution in [-0.2, 0) is 6.54 Å². The van der Waals surface area contributed by atoms with E-state index in [1.165, 1.54) is 0 Å². The predicted octanol–water partition coefficient (Wildman–Crippen LogP) is 3.53. The molecule has 0 aromatic carbocycles. The largest absolute Gasteiger partial charge is 0.361 e. The summed E-state index contributed by atoms with van der Waals surface area (Å²) >= 11 is 0. The highest BCUT2D eigenvalue weighted by atomic mass is 16.5. The molecule has 146 valence electrons. The summed E-state index contributed by atoms with van der Waals surface area (Å²) < 4.78 is 5.33. The van der Waals surface area contributed by atoms with Gasteiger partial charge in [-0.15, -0.1) is 0 Å². The topological polar surface area (TPSA) is 80.8 Å². The molecule has 0 spiro atoms. The van der Waals surface area contributed by atoms with E-state index < -0.39 is 0 Å². The Morgan fingerprint density at radius 3 is 2.50 bits per heavy atom. The summed E-state index contributed by atoms with van der Waals surface area (Å²) in [5.74, 6) is 2.88. The van der Waals surface area contributed by atoms with Crippen molar-refractivity contribution in [3.8, 4) is 11.3 Å². The second-order valence-corrected chi connectivity index (χ2v) is 7.57. The summed E-state index contributed by atoms with van der Waals surface area (Å²) in [6.07, 6.45) is 4.01. The fraction of sp³-hybridized carbons (Fsp3) is 0.476. The fourth-order valence-corrected chi connectivity index (χ4v) is 3.99. The van der Waals surface area contributed by atoms with Gasteiger partial charge in [0.2, 0.25) is 0 Å². The van der Waals surface area contributed by atoms with Crippen LogP contribution in [0.5, 0.6) is 0 Å². The zero-order valence-corrected chi connectivity index (χ0v) is 16.9. The van der Waals surface area contributed by atoms with Gasteiger partial charge < -0.3 is 4.52 Å². The van der Waals surface area contributed by atoms with Crippen molar-refractivity contribution >= 4 is 0 Å². The van der Waals surface area contributed by atoms with Gasteiger partial charge in [0.15, 0.2) is 0 Å². The summed E-state index contributed by atoms with van der Waals surface area (Å²) in [6.45, 7) is 10.7. The second-order valence-electron chi connectivity index (χ2n) is 7.57. The number of aryl methyl sites for hydroxylation is 4. The molecule has 28 heavy (non-hydrogen) atoms. The van der Waals surface area contributed by atoms with E-state index in [4.69, 9.17) is 9.51 Å². The molecule has 0 aliphatic carbocycles. The van der Waals surface area contributed by atoms with Crippen molar-refractivity contribution in [1.29, 1.82) is 0 Å². The Hall–Kier alpha value is -2.67. The molecule has 0 saturated carbocycles. The Morgan fingerprint density at radius 2 is 1.82 bits per heavy atom. The molecule has 0 unspecified atom stereocenters. The molecule has 7 heteroatoms. The van der Waals surface area contributed by atoms with Crippen molar-refractivity contribution in [2.45, 2.75) is 53.0 Å². The average molecular weight is 378 g/mol. The maximum absolute atomic E-state index is 5.33. The van der Waals surface area contributed by atoms with Crippen molar-refractivity contribution < 1.29 is 4.52 Å². The van der Waals surface area contributed by atoms with Crippen LogP contribution in [0.2, 0.25) is 0 Å². The Kier molecular flexibility index (Phi) is 5.17. The van der Waals surface area contributed by atoms with Gasteiger partial charge in [0.25, 0.3) is 0 Å². The molecule has 0 amide bonds. The molecule has 4 heterocycles. The van der Waals surface area contributed by atoms with Crippen LogP contribution in [0, 0.1) is 27.7 Å². The third kappa shape index (κ3) is 3.94. The van der Waals surface area contributed by atoms with Gasteiger partial charge in [-0.2, -0.15) is 0 Å². The predicted molar refractivity (Wildman–Crippen MR) is 106 cm³/mol. The minimum absolute atomic E-state index is 0.448. The van der Waals surface area contributed by atoms with Gasteiger partial charge in [-0.05, 0) is 65.8 Å². The van der Waals surface area contributed by atoms with Crippen molar-refractivity contribution in [3.63, 3.8) is 0 Å². The molecular formula is C21H26N6O. The maximum Gasteiger partial charge on any atom is 0.143 e. The first-order chi connectivity index (χ1) is 13.5. The summed E-state index contributed by atoms with van der Waals surface area (Å²) in [7, 11) is 0. The van der Waals surface area contributed by atoms with Gasteiger partial charge in [0.05, 0.1) is 22.6 Å². The molecule has 3 aromatic heterocycles. The summed E-state index contributed by atoms with van der Waals surface area (Å²) in [5.41, 5.74) is 4.99. The van der Waals surface area contributed by atoms with Gasteiger partial charge in [0.1, 0.15) is 17.4 Å². The van der Waals surface area contributed by atoms with Crippen molar-refractivity contribution in [1.82, 2.24) is 30.0 Å². The summed E-state index contributed by atoms with van der Waals surface area (Å²) in [6, 6.07) is 4.12. The standard InChI is InChI=1S/C21H26N6O/c1-13-21(14(2)28-26-13)20-11-19(24-16(4)25-20)17-6-9-27(10-7-17)12-18-5-8-22-15(3)23-18/h5,8,11,17H,6-7,9-10,12H2,1-4H3. The third-order valence-electron chi connectivity index (χ3n) is 5.37. The lowest BCUT2D eigenvalue weighted by Crippen LogP contribution is -2.33. The van der Waals surface area contributed by atoms with E-state index in [0.717, 1.165) is 78.2 Å². The van der Waals surface area contributed by atoms with E-state index in [0.29, 0.717) is 5.92 Å². The van der Waals surface area contributed by atoms with Crippen molar-refractivity contribution in [2.75, 3.05) is 13.1 Å². The molecule has 0 atom stereocenters. The zero-order valence-electron chi connectivity index (χ0n) is 16.9. The number of nitrogens with zero attached hydrogens (tertiary/aromatic N) is 6. The Balaban J connectivity index is 1.47. The molecule has 1 fully saturated rings. The smallest absolute Gasteiger partial charge is 0.143 e. The monoisotopic (exact) mass is 378 g/mol. The molecule has 0 bridgehead atoms. The Bertz CT molecular complexity index is 955. The van der Waals surface area contributed by atoms with E-state index in [9.17, 15) is 0 Å². The highest BCUT2D eigenvalue weighted by Gasteiger charge is 2.24. The Morgan fingerprint density at radius 1 is 1.04 bits per heavy atom. The lowest BCUT2D eigenvalue weighted by molar-refractivity contribution is 0.201. The van der Waals surface area contributed by atoms with Crippen LogP contribution < -0.4 is 0 Å². The molecule has 1 saturated heterocycles.